The summed E-state index contributed by atoms with van der Waals surface area (Å²) >= 11 is 0. The number of hydrogen-bond donors (Lipinski definition) is 3. The molecule has 0 unspecified atom stereocenters. The summed E-state index contributed by atoms with van der Waals surface area (Å²) < 4.78 is 5.59. The fourth-order valence-electron chi connectivity index (χ4n) is 1.69. The zero-order valence-electron chi connectivity index (χ0n) is 11.8. The van der Waals surface area contributed by atoms with E-state index in [1.807, 2.05) is 38.1 Å². The predicted octanol–water partition coefficient (Wildman–Crippen LogP) is 2.63. The molecule has 1 aromatic heterocycles. The van der Waals surface area contributed by atoms with Crippen molar-refractivity contribution in [2.24, 2.45) is 0 Å². The first-order chi connectivity index (χ1) is 9.56. The fraction of sp³-hybridized carbons (Fsp3) is 0.286. The molecule has 0 atom stereocenters. The van der Waals surface area contributed by atoms with Crippen LogP contribution < -0.4 is 21.1 Å². The molecule has 20 heavy (non-hydrogen) atoms. The monoisotopic (exact) mass is 273 g/mol. The van der Waals surface area contributed by atoms with Gasteiger partial charge in [-0.25, -0.2) is 0 Å². The van der Waals surface area contributed by atoms with E-state index in [1.165, 1.54) is 0 Å². The van der Waals surface area contributed by atoms with Gasteiger partial charge < -0.3 is 21.1 Å². The summed E-state index contributed by atoms with van der Waals surface area (Å²) in [5, 5.41) is 6.11. The molecule has 6 nitrogen and oxygen atoms in total. The van der Waals surface area contributed by atoms with Gasteiger partial charge in [-0.2, -0.15) is 9.97 Å². The van der Waals surface area contributed by atoms with Gasteiger partial charge in [0.05, 0.1) is 6.10 Å². The Morgan fingerprint density at radius 1 is 1.10 bits per heavy atom. The Kier molecular flexibility index (Phi) is 4.24. The SMILES string of the molecule is CNc1cc(Nc2ccc(OC(C)C)cc2)nc(N)n1. The number of nitrogens with one attached hydrogen (secondary N) is 2. The number of nitrogens with zero attached hydrogens (tertiary/aromatic N) is 2. The minimum atomic E-state index is 0.161. The second kappa shape index (κ2) is 6.10. The molecule has 0 radical (unpaired) electrons. The van der Waals surface area contributed by atoms with Crippen molar-refractivity contribution in [2.45, 2.75) is 20.0 Å². The van der Waals surface area contributed by atoms with Crippen LogP contribution in [0.15, 0.2) is 30.3 Å². The second-order valence-corrected chi connectivity index (χ2v) is 4.56. The molecule has 0 bridgehead atoms. The lowest BCUT2D eigenvalue weighted by Crippen LogP contribution is -2.05. The van der Waals surface area contributed by atoms with E-state index < -0.39 is 0 Å². The summed E-state index contributed by atoms with van der Waals surface area (Å²) in [4.78, 5) is 8.17. The van der Waals surface area contributed by atoms with E-state index >= 15 is 0 Å². The maximum absolute atomic E-state index is 5.65. The number of aromatic nitrogens is 2. The third-order valence-corrected chi connectivity index (χ3v) is 2.50. The van der Waals surface area contributed by atoms with Gasteiger partial charge in [-0.05, 0) is 38.1 Å². The molecule has 0 saturated carbocycles. The van der Waals surface area contributed by atoms with Crippen molar-refractivity contribution in [1.29, 1.82) is 0 Å². The number of benzene rings is 1. The molecule has 2 rings (SSSR count). The lowest BCUT2D eigenvalue weighted by Gasteiger charge is -2.11. The zero-order valence-corrected chi connectivity index (χ0v) is 11.8. The van der Waals surface area contributed by atoms with Crippen molar-refractivity contribution in [2.75, 3.05) is 23.4 Å². The van der Waals surface area contributed by atoms with Crippen LogP contribution in [0.5, 0.6) is 5.75 Å². The van der Waals surface area contributed by atoms with Gasteiger partial charge in [0.2, 0.25) is 5.95 Å². The average molecular weight is 273 g/mol. The topological polar surface area (TPSA) is 85.1 Å². The van der Waals surface area contributed by atoms with E-state index in [4.69, 9.17) is 10.5 Å². The predicted molar refractivity (Wildman–Crippen MR) is 81.5 cm³/mol. The van der Waals surface area contributed by atoms with E-state index in [-0.39, 0.29) is 12.1 Å². The summed E-state index contributed by atoms with van der Waals surface area (Å²) in [6.45, 7) is 3.99. The highest BCUT2D eigenvalue weighted by Gasteiger charge is 2.03. The second-order valence-electron chi connectivity index (χ2n) is 4.56. The van der Waals surface area contributed by atoms with E-state index in [9.17, 15) is 0 Å². The van der Waals surface area contributed by atoms with Gasteiger partial charge in [-0.15, -0.1) is 0 Å². The van der Waals surface area contributed by atoms with Crippen LogP contribution in [0.2, 0.25) is 0 Å². The van der Waals surface area contributed by atoms with Gasteiger partial charge >= 0.3 is 0 Å². The number of hydrogen-bond acceptors (Lipinski definition) is 6. The van der Waals surface area contributed by atoms with Crippen LogP contribution in [0.25, 0.3) is 0 Å². The molecule has 0 spiro atoms. The van der Waals surface area contributed by atoms with Crippen LogP contribution in [-0.2, 0) is 0 Å². The number of nitrogen functional groups attached to an aromatic ring is 1. The standard InChI is InChI=1S/C14H19N5O/c1-9(2)20-11-6-4-10(5-7-11)17-13-8-12(16-3)18-14(15)19-13/h4-9H,1-3H3,(H4,15,16,17,18,19). The molecule has 1 heterocycles. The molecule has 0 aliphatic rings. The molecule has 0 aliphatic heterocycles. The summed E-state index contributed by atoms with van der Waals surface area (Å²) in [7, 11) is 1.78. The first-order valence-electron chi connectivity index (χ1n) is 6.43. The number of ether oxygens (including phenoxy) is 1. The maximum atomic E-state index is 5.65. The van der Waals surface area contributed by atoms with Gasteiger partial charge in [-0.3, -0.25) is 0 Å². The molecule has 0 saturated heterocycles. The van der Waals surface area contributed by atoms with E-state index in [0.717, 1.165) is 11.4 Å². The van der Waals surface area contributed by atoms with Crippen LogP contribution in [0.1, 0.15) is 13.8 Å². The van der Waals surface area contributed by atoms with E-state index in [2.05, 4.69) is 20.6 Å². The highest BCUT2D eigenvalue weighted by Crippen LogP contribution is 2.21. The summed E-state index contributed by atoms with van der Waals surface area (Å²) in [5.41, 5.74) is 6.55. The Morgan fingerprint density at radius 3 is 2.35 bits per heavy atom. The lowest BCUT2D eigenvalue weighted by molar-refractivity contribution is 0.242. The molecular weight excluding hydrogens is 254 g/mol. The van der Waals surface area contributed by atoms with Crippen molar-refractivity contribution in [3.05, 3.63) is 30.3 Å². The summed E-state index contributed by atoms with van der Waals surface area (Å²) in [6, 6.07) is 9.46. The number of anilines is 4. The van der Waals surface area contributed by atoms with Crippen LogP contribution >= 0.6 is 0 Å². The van der Waals surface area contributed by atoms with Crippen molar-refractivity contribution in [3.8, 4) is 5.75 Å². The normalized spacial score (nSPS) is 10.4. The summed E-state index contributed by atoms with van der Waals surface area (Å²) in [6.07, 6.45) is 0.161. The number of rotatable bonds is 5. The highest BCUT2D eigenvalue weighted by atomic mass is 16.5. The van der Waals surface area contributed by atoms with Crippen LogP contribution in [0.4, 0.5) is 23.3 Å². The third-order valence-electron chi connectivity index (χ3n) is 2.50. The Balaban J connectivity index is 2.11. The van der Waals surface area contributed by atoms with Crippen LogP contribution in [0, 0.1) is 0 Å². The van der Waals surface area contributed by atoms with Crippen molar-refractivity contribution >= 4 is 23.3 Å². The summed E-state index contributed by atoms with van der Waals surface area (Å²) in [5.74, 6) is 2.36. The molecule has 106 valence electrons. The number of nitrogens with two attached hydrogens (primary N) is 1. The molecule has 0 aliphatic carbocycles. The molecule has 1 aromatic carbocycles. The van der Waals surface area contributed by atoms with Gasteiger partial charge in [-0.1, -0.05) is 0 Å². The van der Waals surface area contributed by atoms with Gasteiger partial charge in [0.25, 0.3) is 0 Å². The molecule has 4 N–H and O–H groups in total. The molecule has 2 aromatic rings. The van der Waals surface area contributed by atoms with Crippen molar-refractivity contribution < 1.29 is 4.74 Å². The van der Waals surface area contributed by atoms with Gasteiger partial charge in [0.1, 0.15) is 17.4 Å². The lowest BCUT2D eigenvalue weighted by atomic mass is 10.3. The fourth-order valence-corrected chi connectivity index (χ4v) is 1.69. The Bertz CT molecular complexity index is 568. The molecule has 0 fully saturated rings. The van der Waals surface area contributed by atoms with Crippen molar-refractivity contribution in [1.82, 2.24) is 9.97 Å². The minimum absolute atomic E-state index is 0.161. The largest absolute Gasteiger partial charge is 0.491 e. The highest BCUT2D eigenvalue weighted by molar-refractivity contribution is 5.61. The molecule has 6 heteroatoms. The third kappa shape index (κ3) is 3.74. The van der Waals surface area contributed by atoms with E-state index in [1.54, 1.807) is 13.1 Å². The van der Waals surface area contributed by atoms with Gasteiger partial charge in [0, 0.05) is 18.8 Å². The average Bonchev–Trinajstić information content (AvgIpc) is 2.39. The zero-order chi connectivity index (χ0) is 14.5. The minimum Gasteiger partial charge on any atom is -0.491 e. The van der Waals surface area contributed by atoms with Crippen LogP contribution in [0.3, 0.4) is 0 Å². The Hall–Kier alpha value is -2.50. The van der Waals surface area contributed by atoms with Crippen LogP contribution in [-0.4, -0.2) is 23.1 Å². The first-order valence-corrected chi connectivity index (χ1v) is 6.43. The molecular formula is C14H19N5O. The van der Waals surface area contributed by atoms with Gasteiger partial charge in [0.15, 0.2) is 0 Å². The molecule has 0 amide bonds. The van der Waals surface area contributed by atoms with Crippen molar-refractivity contribution in [3.63, 3.8) is 0 Å². The Morgan fingerprint density at radius 2 is 1.75 bits per heavy atom. The quantitative estimate of drug-likeness (QED) is 0.776. The smallest absolute Gasteiger partial charge is 0.223 e. The first kappa shape index (κ1) is 13.9. The van der Waals surface area contributed by atoms with E-state index in [0.29, 0.717) is 11.6 Å². The maximum Gasteiger partial charge on any atom is 0.223 e. The Labute approximate surface area is 118 Å².